The molecule has 2 aromatic rings. The van der Waals surface area contributed by atoms with Crippen LogP contribution in [0.5, 0.6) is 5.88 Å². The minimum absolute atomic E-state index is 0.102. The quantitative estimate of drug-likeness (QED) is 0.857. The van der Waals surface area contributed by atoms with Crippen molar-refractivity contribution < 1.29 is 9.47 Å². The Morgan fingerprint density at radius 2 is 2.05 bits per heavy atom. The van der Waals surface area contributed by atoms with Crippen molar-refractivity contribution in [2.45, 2.75) is 6.10 Å². The Morgan fingerprint density at radius 1 is 1.23 bits per heavy atom. The number of morpholine rings is 1. The summed E-state index contributed by atoms with van der Waals surface area (Å²) in [6, 6.07) is 5.55. The first-order valence-corrected chi connectivity index (χ1v) is 7.61. The van der Waals surface area contributed by atoms with Gasteiger partial charge in [-0.2, -0.15) is 0 Å². The van der Waals surface area contributed by atoms with E-state index in [1.54, 1.807) is 25.6 Å². The fourth-order valence-corrected chi connectivity index (χ4v) is 2.74. The highest BCUT2D eigenvalue weighted by Crippen LogP contribution is 2.31. The van der Waals surface area contributed by atoms with Crippen LogP contribution in [0.15, 0.2) is 30.6 Å². The van der Waals surface area contributed by atoms with Gasteiger partial charge in [0, 0.05) is 18.9 Å². The molecule has 1 aliphatic heterocycles. The van der Waals surface area contributed by atoms with Gasteiger partial charge < -0.3 is 14.4 Å². The average Bonchev–Trinajstić information content (AvgIpc) is 2.57. The molecule has 5 nitrogen and oxygen atoms in total. The number of anilines is 1. The molecule has 1 aliphatic rings. The van der Waals surface area contributed by atoms with Crippen molar-refractivity contribution in [3.8, 4) is 5.88 Å². The number of rotatable bonds is 3. The number of hydrogen-bond acceptors (Lipinski definition) is 5. The molecule has 0 spiro atoms. The Labute approximate surface area is 138 Å². The number of nitrogens with zero attached hydrogens (tertiary/aromatic N) is 3. The van der Waals surface area contributed by atoms with Crippen molar-refractivity contribution in [1.82, 2.24) is 9.97 Å². The van der Waals surface area contributed by atoms with Crippen molar-refractivity contribution in [3.05, 3.63) is 46.2 Å². The standard InChI is InChI=1S/C15H15Cl2N3O2/c1-21-15-14(18-4-5-19-15)20-6-7-22-13(9-20)10-2-3-11(16)12(17)8-10/h2-5,8,13H,6-7,9H2,1H3/t13-/m0/s1. The molecule has 1 aromatic heterocycles. The normalized spacial score (nSPS) is 18.3. The third-order valence-electron chi connectivity index (χ3n) is 3.52. The molecular formula is C15H15Cl2N3O2. The number of halogens is 2. The van der Waals surface area contributed by atoms with E-state index in [4.69, 9.17) is 32.7 Å². The molecule has 0 saturated carbocycles. The lowest BCUT2D eigenvalue weighted by Gasteiger charge is -2.34. The van der Waals surface area contributed by atoms with Crippen LogP contribution in [-0.2, 0) is 4.74 Å². The smallest absolute Gasteiger partial charge is 0.257 e. The van der Waals surface area contributed by atoms with Crippen LogP contribution in [0.1, 0.15) is 11.7 Å². The summed E-state index contributed by atoms with van der Waals surface area (Å²) in [6.07, 6.45) is 3.16. The fourth-order valence-electron chi connectivity index (χ4n) is 2.43. The number of ether oxygens (including phenoxy) is 2. The molecule has 1 saturated heterocycles. The topological polar surface area (TPSA) is 47.5 Å². The van der Waals surface area contributed by atoms with Crippen molar-refractivity contribution >= 4 is 29.0 Å². The molecule has 3 rings (SSSR count). The Hall–Kier alpha value is -1.56. The minimum atomic E-state index is -0.102. The summed E-state index contributed by atoms with van der Waals surface area (Å²) >= 11 is 12.1. The first kappa shape index (κ1) is 15.3. The van der Waals surface area contributed by atoms with Crippen LogP contribution < -0.4 is 9.64 Å². The van der Waals surface area contributed by atoms with Crippen molar-refractivity contribution in [2.75, 3.05) is 31.7 Å². The zero-order chi connectivity index (χ0) is 15.5. The largest absolute Gasteiger partial charge is 0.478 e. The van der Waals surface area contributed by atoms with E-state index in [1.807, 2.05) is 12.1 Å². The monoisotopic (exact) mass is 339 g/mol. The minimum Gasteiger partial charge on any atom is -0.478 e. The Bertz CT molecular complexity index is 669. The third-order valence-corrected chi connectivity index (χ3v) is 4.26. The molecule has 0 aliphatic carbocycles. The van der Waals surface area contributed by atoms with Crippen LogP contribution in [-0.4, -0.2) is 36.8 Å². The van der Waals surface area contributed by atoms with Crippen molar-refractivity contribution in [2.24, 2.45) is 0 Å². The van der Waals surface area contributed by atoms with E-state index >= 15 is 0 Å². The molecule has 22 heavy (non-hydrogen) atoms. The zero-order valence-electron chi connectivity index (χ0n) is 12.0. The van der Waals surface area contributed by atoms with Crippen molar-refractivity contribution in [1.29, 1.82) is 0 Å². The fraction of sp³-hybridized carbons (Fsp3) is 0.333. The van der Waals surface area contributed by atoms with Gasteiger partial charge in [0.25, 0.3) is 5.88 Å². The predicted molar refractivity (Wildman–Crippen MR) is 86.0 cm³/mol. The SMILES string of the molecule is COc1nccnc1N1CCO[C@H](c2ccc(Cl)c(Cl)c2)C1. The maximum Gasteiger partial charge on any atom is 0.257 e. The summed E-state index contributed by atoms with van der Waals surface area (Å²) in [6.45, 7) is 1.96. The summed E-state index contributed by atoms with van der Waals surface area (Å²) in [5.74, 6) is 1.23. The maximum absolute atomic E-state index is 6.09. The summed E-state index contributed by atoms with van der Waals surface area (Å²) < 4.78 is 11.1. The van der Waals surface area contributed by atoms with Crippen LogP contribution in [0.4, 0.5) is 5.82 Å². The Morgan fingerprint density at radius 3 is 2.82 bits per heavy atom. The summed E-state index contributed by atoms with van der Waals surface area (Å²) in [5.41, 5.74) is 0.988. The van der Waals surface area contributed by atoms with Crippen LogP contribution in [0.2, 0.25) is 10.0 Å². The second kappa shape index (κ2) is 6.69. The lowest BCUT2D eigenvalue weighted by molar-refractivity contribution is 0.0393. The molecule has 116 valence electrons. The van der Waals surface area contributed by atoms with Crippen LogP contribution in [0, 0.1) is 0 Å². The van der Waals surface area contributed by atoms with Crippen LogP contribution in [0.25, 0.3) is 0 Å². The Kier molecular flexibility index (Phi) is 4.66. The average molecular weight is 340 g/mol. The second-order valence-electron chi connectivity index (χ2n) is 4.87. The van der Waals surface area contributed by atoms with E-state index in [0.717, 1.165) is 17.9 Å². The summed E-state index contributed by atoms with van der Waals surface area (Å²) in [5, 5.41) is 1.06. The summed E-state index contributed by atoms with van der Waals surface area (Å²) in [4.78, 5) is 10.7. The van der Waals surface area contributed by atoms with Gasteiger partial charge >= 0.3 is 0 Å². The lowest BCUT2D eigenvalue weighted by Crippen LogP contribution is -2.39. The molecule has 0 amide bonds. The highest BCUT2D eigenvalue weighted by molar-refractivity contribution is 6.42. The van der Waals surface area contributed by atoms with Crippen LogP contribution in [0.3, 0.4) is 0 Å². The highest BCUT2D eigenvalue weighted by Gasteiger charge is 2.25. The van der Waals surface area contributed by atoms with E-state index in [1.165, 1.54) is 0 Å². The molecule has 0 radical (unpaired) electrons. The highest BCUT2D eigenvalue weighted by atomic mass is 35.5. The van der Waals surface area contributed by atoms with Gasteiger partial charge in [-0.25, -0.2) is 9.97 Å². The first-order chi connectivity index (χ1) is 10.7. The van der Waals surface area contributed by atoms with Gasteiger partial charge in [0.1, 0.15) is 6.10 Å². The van der Waals surface area contributed by atoms with Crippen LogP contribution >= 0.6 is 23.2 Å². The maximum atomic E-state index is 6.09. The van der Waals surface area contributed by atoms with Crippen molar-refractivity contribution in [3.63, 3.8) is 0 Å². The molecule has 1 aromatic carbocycles. The molecule has 7 heteroatoms. The number of benzene rings is 1. The Balaban J connectivity index is 1.83. The zero-order valence-corrected chi connectivity index (χ0v) is 13.5. The van der Waals surface area contributed by atoms with Gasteiger partial charge in [0.05, 0.1) is 30.3 Å². The molecule has 0 N–H and O–H groups in total. The molecule has 0 unspecified atom stereocenters. The van der Waals surface area contributed by atoms with Gasteiger partial charge in [-0.05, 0) is 17.7 Å². The summed E-state index contributed by atoms with van der Waals surface area (Å²) in [7, 11) is 1.59. The number of hydrogen-bond donors (Lipinski definition) is 0. The molecule has 2 heterocycles. The molecule has 1 atom stereocenters. The van der Waals surface area contributed by atoms with Gasteiger partial charge in [0.15, 0.2) is 5.82 Å². The number of aromatic nitrogens is 2. The van der Waals surface area contributed by atoms with E-state index in [0.29, 0.717) is 29.1 Å². The van der Waals surface area contributed by atoms with E-state index in [2.05, 4.69) is 14.9 Å². The molecular weight excluding hydrogens is 325 g/mol. The first-order valence-electron chi connectivity index (χ1n) is 6.85. The third kappa shape index (κ3) is 3.11. The second-order valence-corrected chi connectivity index (χ2v) is 5.68. The van der Waals surface area contributed by atoms with Gasteiger partial charge in [0.2, 0.25) is 0 Å². The van der Waals surface area contributed by atoms with E-state index in [9.17, 15) is 0 Å². The van der Waals surface area contributed by atoms with Gasteiger partial charge in [-0.3, -0.25) is 0 Å². The predicted octanol–water partition coefficient (Wildman–Crippen LogP) is 3.37. The molecule has 0 bridgehead atoms. The van der Waals surface area contributed by atoms with Gasteiger partial charge in [-0.1, -0.05) is 29.3 Å². The van der Waals surface area contributed by atoms with E-state index in [-0.39, 0.29) is 6.10 Å². The van der Waals surface area contributed by atoms with Gasteiger partial charge in [-0.15, -0.1) is 0 Å². The molecule has 1 fully saturated rings. The van der Waals surface area contributed by atoms with E-state index < -0.39 is 0 Å². The lowest BCUT2D eigenvalue weighted by atomic mass is 10.1. The number of methoxy groups -OCH3 is 1.